The van der Waals surface area contributed by atoms with E-state index >= 15 is 0 Å². The maximum absolute atomic E-state index is 6.24. The monoisotopic (exact) mass is 297 g/mol. The van der Waals surface area contributed by atoms with E-state index in [4.69, 9.17) is 16.3 Å². The summed E-state index contributed by atoms with van der Waals surface area (Å²) in [5.41, 5.74) is 1.14. The first kappa shape index (κ1) is 17.3. The minimum atomic E-state index is 0.193. The van der Waals surface area contributed by atoms with Crippen molar-refractivity contribution in [2.24, 2.45) is 0 Å². The molecule has 0 radical (unpaired) electrons. The third-order valence-corrected chi connectivity index (χ3v) is 3.77. The van der Waals surface area contributed by atoms with Gasteiger partial charge in [0.25, 0.3) is 0 Å². The van der Waals surface area contributed by atoms with Crippen molar-refractivity contribution in [1.29, 1.82) is 0 Å². The summed E-state index contributed by atoms with van der Waals surface area (Å²) >= 11 is 6.07. The van der Waals surface area contributed by atoms with Gasteiger partial charge in [-0.25, -0.2) is 0 Å². The van der Waals surface area contributed by atoms with Crippen LogP contribution in [0, 0.1) is 6.92 Å². The summed E-state index contributed by atoms with van der Waals surface area (Å²) in [4.78, 5) is 0. The lowest BCUT2D eigenvalue weighted by molar-refractivity contribution is 0.141. The first-order valence-electron chi connectivity index (χ1n) is 7.78. The van der Waals surface area contributed by atoms with E-state index in [1.807, 2.05) is 18.2 Å². The largest absolute Gasteiger partial charge is 0.488 e. The first-order valence-corrected chi connectivity index (χ1v) is 8.16. The van der Waals surface area contributed by atoms with Crippen molar-refractivity contribution >= 4 is 11.6 Å². The molecule has 0 saturated carbocycles. The maximum atomic E-state index is 6.24. The predicted octanol–water partition coefficient (Wildman–Crippen LogP) is 4.97. The van der Waals surface area contributed by atoms with Gasteiger partial charge >= 0.3 is 0 Å². The Labute approximate surface area is 128 Å². The van der Waals surface area contributed by atoms with Crippen LogP contribution in [0.1, 0.15) is 52.0 Å². The predicted molar refractivity (Wildman–Crippen MR) is 87.9 cm³/mol. The molecule has 1 N–H and O–H groups in total. The van der Waals surface area contributed by atoms with Crippen molar-refractivity contribution < 1.29 is 4.74 Å². The molecule has 2 unspecified atom stereocenters. The molecule has 1 aromatic rings. The fourth-order valence-corrected chi connectivity index (χ4v) is 2.54. The van der Waals surface area contributed by atoms with Crippen molar-refractivity contribution in [2.75, 3.05) is 6.54 Å². The minimum Gasteiger partial charge on any atom is -0.488 e. The molecule has 2 atom stereocenters. The zero-order valence-corrected chi connectivity index (χ0v) is 14.0. The third-order valence-electron chi connectivity index (χ3n) is 3.54. The number of aryl methyl sites for hydroxylation is 1. The number of hydrogen-bond acceptors (Lipinski definition) is 2. The number of ether oxygens (including phenoxy) is 1. The first-order chi connectivity index (χ1) is 9.62. The summed E-state index contributed by atoms with van der Waals surface area (Å²) < 4.78 is 6.24. The average molecular weight is 298 g/mol. The molecule has 0 bridgehead atoms. The fourth-order valence-electron chi connectivity index (χ4n) is 2.37. The molecule has 2 nitrogen and oxygen atoms in total. The lowest BCUT2D eigenvalue weighted by atomic mass is 10.0. The van der Waals surface area contributed by atoms with Crippen LogP contribution in [0.25, 0.3) is 0 Å². The summed E-state index contributed by atoms with van der Waals surface area (Å²) in [5, 5.41) is 4.35. The molecule has 1 aromatic carbocycles. The second kappa shape index (κ2) is 9.25. The van der Waals surface area contributed by atoms with Crippen LogP contribution in [0.5, 0.6) is 5.75 Å². The lowest BCUT2D eigenvalue weighted by Gasteiger charge is -2.28. The van der Waals surface area contributed by atoms with Crippen molar-refractivity contribution in [3.63, 3.8) is 0 Å². The Morgan fingerprint density at radius 2 is 1.95 bits per heavy atom. The van der Waals surface area contributed by atoms with Gasteiger partial charge in [0.05, 0.1) is 0 Å². The Hall–Kier alpha value is -0.730. The van der Waals surface area contributed by atoms with Gasteiger partial charge in [-0.3, -0.25) is 0 Å². The zero-order valence-electron chi connectivity index (χ0n) is 13.2. The van der Waals surface area contributed by atoms with E-state index in [1.54, 1.807) is 0 Å². The highest BCUT2D eigenvalue weighted by atomic mass is 35.5. The third kappa shape index (κ3) is 5.34. The Morgan fingerprint density at radius 1 is 1.20 bits per heavy atom. The van der Waals surface area contributed by atoms with E-state index in [-0.39, 0.29) is 6.10 Å². The van der Waals surface area contributed by atoms with Crippen LogP contribution in [0.3, 0.4) is 0 Å². The standard InChI is InChI=1S/C17H28ClNO/c1-5-8-15(19-11-6-2)16(7-3)20-17-12-14(18)10-9-13(17)4/h9-10,12,15-16,19H,5-8,11H2,1-4H3. The fraction of sp³-hybridized carbons (Fsp3) is 0.647. The molecule has 0 spiro atoms. The van der Waals surface area contributed by atoms with Crippen LogP contribution in [0.2, 0.25) is 5.02 Å². The smallest absolute Gasteiger partial charge is 0.124 e. The van der Waals surface area contributed by atoms with Gasteiger partial charge in [-0.15, -0.1) is 0 Å². The normalized spacial score (nSPS) is 14.1. The molecule has 0 aliphatic rings. The molecule has 3 heteroatoms. The van der Waals surface area contributed by atoms with Gasteiger partial charge in [0.2, 0.25) is 0 Å². The Morgan fingerprint density at radius 3 is 2.55 bits per heavy atom. The van der Waals surface area contributed by atoms with E-state index in [1.165, 1.54) is 0 Å². The number of rotatable bonds is 9. The van der Waals surface area contributed by atoms with Gasteiger partial charge in [0.1, 0.15) is 11.9 Å². The molecule has 0 heterocycles. The SMILES string of the molecule is CCCNC(CCC)C(CC)Oc1cc(Cl)ccc1C. The van der Waals surface area contributed by atoms with Crippen LogP contribution in [-0.4, -0.2) is 18.7 Å². The highest BCUT2D eigenvalue weighted by Gasteiger charge is 2.21. The zero-order chi connectivity index (χ0) is 15.0. The lowest BCUT2D eigenvalue weighted by Crippen LogP contribution is -2.43. The van der Waals surface area contributed by atoms with E-state index in [0.717, 1.165) is 48.6 Å². The molecule has 0 aromatic heterocycles. The van der Waals surface area contributed by atoms with E-state index < -0.39 is 0 Å². The minimum absolute atomic E-state index is 0.193. The van der Waals surface area contributed by atoms with Crippen LogP contribution in [-0.2, 0) is 0 Å². The summed E-state index contributed by atoms with van der Waals surface area (Å²) in [6, 6.07) is 6.24. The molecule has 20 heavy (non-hydrogen) atoms. The van der Waals surface area contributed by atoms with Crippen LogP contribution in [0.4, 0.5) is 0 Å². The van der Waals surface area contributed by atoms with Gasteiger partial charge in [-0.1, -0.05) is 44.9 Å². The number of halogens is 1. The van der Waals surface area contributed by atoms with Crippen molar-refractivity contribution in [3.05, 3.63) is 28.8 Å². The van der Waals surface area contributed by atoms with Gasteiger partial charge in [0, 0.05) is 11.1 Å². The quantitative estimate of drug-likeness (QED) is 0.694. The molecule has 1 rings (SSSR count). The highest BCUT2D eigenvalue weighted by molar-refractivity contribution is 6.30. The maximum Gasteiger partial charge on any atom is 0.124 e. The summed E-state index contributed by atoms with van der Waals surface area (Å²) in [5.74, 6) is 0.906. The topological polar surface area (TPSA) is 21.3 Å². The molecular formula is C17H28ClNO. The Kier molecular flexibility index (Phi) is 8.01. The molecule has 0 fully saturated rings. The van der Waals surface area contributed by atoms with Gasteiger partial charge in [-0.05, 0) is 50.4 Å². The van der Waals surface area contributed by atoms with E-state index in [2.05, 4.69) is 33.0 Å². The van der Waals surface area contributed by atoms with Crippen LogP contribution < -0.4 is 10.1 Å². The Bertz CT molecular complexity index is 395. The Balaban J connectivity index is 2.79. The van der Waals surface area contributed by atoms with Gasteiger partial charge in [-0.2, -0.15) is 0 Å². The molecule has 114 valence electrons. The number of nitrogens with one attached hydrogen (secondary N) is 1. The van der Waals surface area contributed by atoms with Crippen molar-refractivity contribution in [2.45, 2.75) is 65.5 Å². The summed E-state index contributed by atoms with van der Waals surface area (Å²) in [6.45, 7) is 9.70. The van der Waals surface area contributed by atoms with Gasteiger partial charge in [0.15, 0.2) is 0 Å². The van der Waals surface area contributed by atoms with Crippen LogP contribution in [0.15, 0.2) is 18.2 Å². The number of benzene rings is 1. The summed E-state index contributed by atoms with van der Waals surface area (Å²) in [7, 11) is 0. The summed E-state index contributed by atoms with van der Waals surface area (Å²) in [6.07, 6.45) is 4.63. The molecule has 0 saturated heterocycles. The molecule has 0 aliphatic carbocycles. The second-order valence-corrected chi connectivity index (χ2v) is 5.76. The molecule has 0 aliphatic heterocycles. The highest BCUT2D eigenvalue weighted by Crippen LogP contribution is 2.25. The van der Waals surface area contributed by atoms with Crippen LogP contribution >= 0.6 is 11.6 Å². The number of hydrogen-bond donors (Lipinski definition) is 1. The van der Waals surface area contributed by atoms with Crippen molar-refractivity contribution in [1.82, 2.24) is 5.32 Å². The van der Waals surface area contributed by atoms with E-state index in [0.29, 0.717) is 6.04 Å². The second-order valence-electron chi connectivity index (χ2n) is 5.32. The molecular weight excluding hydrogens is 270 g/mol. The van der Waals surface area contributed by atoms with Crippen molar-refractivity contribution in [3.8, 4) is 5.75 Å². The van der Waals surface area contributed by atoms with Gasteiger partial charge < -0.3 is 10.1 Å². The average Bonchev–Trinajstić information content (AvgIpc) is 2.44. The van der Waals surface area contributed by atoms with E-state index in [9.17, 15) is 0 Å². The molecule has 0 amide bonds.